The van der Waals surface area contributed by atoms with Gasteiger partial charge in [0.1, 0.15) is 0 Å². The molecular weight excluding hydrogens is 342 g/mol. The lowest BCUT2D eigenvalue weighted by Gasteiger charge is -2.03. The van der Waals surface area contributed by atoms with Crippen LogP contribution < -0.4 is 5.32 Å². The van der Waals surface area contributed by atoms with Gasteiger partial charge in [0.25, 0.3) is 17.3 Å². The van der Waals surface area contributed by atoms with Crippen molar-refractivity contribution in [3.05, 3.63) is 86.7 Å². The van der Waals surface area contributed by atoms with Gasteiger partial charge in [-0.25, -0.2) is 4.68 Å². The van der Waals surface area contributed by atoms with Gasteiger partial charge in [0.2, 0.25) is 0 Å². The summed E-state index contributed by atoms with van der Waals surface area (Å²) in [7, 11) is 0. The predicted octanol–water partition coefficient (Wildman–Crippen LogP) is 2.94. The fraction of sp³-hybridized carbons (Fsp3) is 0. The molecule has 3 rings (SSSR count). The summed E-state index contributed by atoms with van der Waals surface area (Å²) in [6, 6.07) is 12.6. The van der Waals surface area contributed by atoms with Gasteiger partial charge in [-0.2, -0.15) is 5.10 Å². The third-order valence-corrected chi connectivity index (χ3v) is 3.48. The molecule has 0 unspecified atom stereocenters. The van der Waals surface area contributed by atoms with Crippen molar-refractivity contribution in [1.29, 1.82) is 0 Å². The molecule has 1 aromatic heterocycles. The quantitative estimate of drug-likeness (QED) is 0.554. The second-order valence-corrected chi connectivity index (χ2v) is 5.18. The molecule has 0 atom stereocenters. The van der Waals surface area contributed by atoms with E-state index in [0.29, 0.717) is 11.4 Å². The Morgan fingerprint density at radius 1 is 0.885 bits per heavy atom. The smallest absolute Gasteiger partial charge is 0.276 e. The van der Waals surface area contributed by atoms with E-state index in [-0.39, 0.29) is 17.1 Å². The zero-order valence-electron chi connectivity index (χ0n) is 13.1. The number of amides is 1. The molecular formula is C16H11N5O5. The molecule has 0 aliphatic rings. The van der Waals surface area contributed by atoms with Crippen LogP contribution in [0, 0.1) is 20.2 Å². The molecule has 10 nitrogen and oxygen atoms in total. The molecule has 0 fully saturated rings. The zero-order chi connectivity index (χ0) is 18.7. The lowest BCUT2D eigenvalue weighted by molar-refractivity contribution is -0.385. The molecule has 0 saturated heterocycles. The van der Waals surface area contributed by atoms with Gasteiger partial charge in [-0.15, -0.1) is 0 Å². The van der Waals surface area contributed by atoms with Crippen LogP contribution >= 0.6 is 0 Å². The highest BCUT2D eigenvalue weighted by molar-refractivity contribution is 6.02. The zero-order valence-corrected chi connectivity index (χ0v) is 13.1. The molecule has 0 spiro atoms. The van der Waals surface area contributed by atoms with E-state index in [9.17, 15) is 25.0 Å². The molecule has 3 aromatic rings. The predicted molar refractivity (Wildman–Crippen MR) is 91.3 cm³/mol. The van der Waals surface area contributed by atoms with Gasteiger partial charge >= 0.3 is 0 Å². The van der Waals surface area contributed by atoms with Gasteiger partial charge in [0.05, 0.1) is 15.5 Å². The number of benzene rings is 2. The molecule has 0 aliphatic heterocycles. The Hall–Kier alpha value is -4.08. The number of nitro benzene ring substituents is 2. The minimum absolute atomic E-state index is 0.0444. The Morgan fingerprint density at radius 2 is 1.42 bits per heavy atom. The van der Waals surface area contributed by atoms with Crippen LogP contribution in [0.3, 0.4) is 0 Å². The first-order chi connectivity index (χ1) is 12.4. The number of anilines is 1. The largest absolute Gasteiger partial charge is 0.321 e. The van der Waals surface area contributed by atoms with Crippen LogP contribution in [0.2, 0.25) is 0 Å². The second-order valence-electron chi connectivity index (χ2n) is 5.18. The van der Waals surface area contributed by atoms with Crippen molar-refractivity contribution >= 4 is 23.0 Å². The van der Waals surface area contributed by atoms with Gasteiger partial charge < -0.3 is 5.32 Å². The van der Waals surface area contributed by atoms with Crippen molar-refractivity contribution in [2.45, 2.75) is 0 Å². The number of aromatic nitrogens is 2. The van der Waals surface area contributed by atoms with Gasteiger partial charge in [-0.05, 0) is 30.3 Å². The van der Waals surface area contributed by atoms with E-state index in [1.165, 1.54) is 59.3 Å². The van der Waals surface area contributed by atoms with E-state index in [4.69, 9.17) is 0 Å². The average Bonchev–Trinajstić information content (AvgIpc) is 3.12. The van der Waals surface area contributed by atoms with Crippen molar-refractivity contribution in [3.8, 4) is 5.69 Å². The number of carbonyl (C=O) groups is 1. The van der Waals surface area contributed by atoms with Crippen LogP contribution in [-0.2, 0) is 0 Å². The highest BCUT2D eigenvalue weighted by Gasteiger charge is 2.12. The fourth-order valence-corrected chi connectivity index (χ4v) is 2.18. The maximum absolute atomic E-state index is 12.2. The molecule has 0 saturated carbocycles. The Labute approximate surface area is 146 Å². The van der Waals surface area contributed by atoms with Crippen molar-refractivity contribution < 1.29 is 14.6 Å². The monoisotopic (exact) mass is 353 g/mol. The van der Waals surface area contributed by atoms with Gasteiger partial charge in [0.15, 0.2) is 5.69 Å². The summed E-state index contributed by atoms with van der Waals surface area (Å²) in [6.07, 6.45) is 1.55. The topological polar surface area (TPSA) is 133 Å². The second kappa shape index (κ2) is 6.81. The third-order valence-electron chi connectivity index (χ3n) is 3.48. The third kappa shape index (κ3) is 3.53. The maximum Gasteiger partial charge on any atom is 0.276 e. The van der Waals surface area contributed by atoms with Crippen molar-refractivity contribution in [2.75, 3.05) is 5.32 Å². The van der Waals surface area contributed by atoms with Crippen LogP contribution in [0.4, 0.5) is 17.1 Å². The first kappa shape index (κ1) is 16.8. The summed E-state index contributed by atoms with van der Waals surface area (Å²) in [5.41, 5.74) is 0.958. The Bertz CT molecular complexity index is 979. The number of carbonyl (C=O) groups excluding carboxylic acids is 1. The van der Waals surface area contributed by atoms with Crippen LogP contribution in [0.25, 0.3) is 5.69 Å². The Kier molecular flexibility index (Phi) is 4.39. The number of non-ortho nitro benzene ring substituents is 2. The average molecular weight is 353 g/mol. The van der Waals surface area contributed by atoms with Crippen LogP contribution in [0.15, 0.2) is 60.8 Å². The molecule has 10 heteroatoms. The van der Waals surface area contributed by atoms with Gasteiger partial charge in [-0.3, -0.25) is 25.0 Å². The fourth-order valence-electron chi connectivity index (χ4n) is 2.18. The number of hydrogen-bond donors (Lipinski definition) is 1. The summed E-state index contributed by atoms with van der Waals surface area (Å²) in [5.74, 6) is -0.487. The molecule has 1 amide bonds. The summed E-state index contributed by atoms with van der Waals surface area (Å²) in [4.78, 5) is 32.5. The van der Waals surface area contributed by atoms with Gasteiger partial charge in [0, 0.05) is 36.1 Å². The van der Waals surface area contributed by atoms with Crippen molar-refractivity contribution in [3.63, 3.8) is 0 Å². The Morgan fingerprint density at radius 3 is 1.96 bits per heavy atom. The van der Waals surface area contributed by atoms with Gasteiger partial charge in [-0.1, -0.05) is 0 Å². The summed E-state index contributed by atoms with van der Waals surface area (Å²) < 4.78 is 1.41. The lowest BCUT2D eigenvalue weighted by Crippen LogP contribution is -2.13. The van der Waals surface area contributed by atoms with E-state index in [2.05, 4.69) is 10.4 Å². The van der Waals surface area contributed by atoms with E-state index < -0.39 is 15.8 Å². The number of nitrogens with one attached hydrogen (secondary N) is 1. The summed E-state index contributed by atoms with van der Waals surface area (Å²) in [6.45, 7) is 0. The Balaban J connectivity index is 1.73. The minimum Gasteiger partial charge on any atom is -0.321 e. The highest BCUT2D eigenvalue weighted by Crippen LogP contribution is 2.17. The number of rotatable bonds is 5. The van der Waals surface area contributed by atoms with E-state index in [0.717, 1.165) is 0 Å². The molecule has 0 bridgehead atoms. The maximum atomic E-state index is 12.2. The number of hydrogen-bond acceptors (Lipinski definition) is 6. The molecule has 0 aliphatic carbocycles. The lowest BCUT2D eigenvalue weighted by atomic mass is 10.3. The van der Waals surface area contributed by atoms with Crippen LogP contribution in [0.1, 0.15) is 10.5 Å². The first-order valence-electron chi connectivity index (χ1n) is 7.30. The van der Waals surface area contributed by atoms with Crippen LogP contribution in [-0.4, -0.2) is 25.5 Å². The van der Waals surface area contributed by atoms with E-state index >= 15 is 0 Å². The molecule has 0 radical (unpaired) electrons. The molecule has 2 aromatic carbocycles. The molecule has 1 heterocycles. The molecule has 26 heavy (non-hydrogen) atoms. The van der Waals surface area contributed by atoms with Crippen molar-refractivity contribution in [2.24, 2.45) is 0 Å². The summed E-state index contributed by atoms with van der Waals surface area (Å²) in [5, 5.41) is 28.0. The first-order valence-corrected chi connectivity index (χ1v) is 7.30. The highest BCUT2D eigenvalue weighted by atomic mass is 16.6. The number of nitro groups is 2. The standard InChI is InChI=1S/C16H11N5O5/c22-16(17-11-1-3-13(4-2-11)20(23)24)15-9-10-19(18-15)12-5-7-14(8-6-12)21(25)26/h1-10H,(H,17,22). The van der Waals surface area contributed by atoms with Crippen LogP contribution in [0.5, 0.6) is 0 Å². The normalized spacial score (nSPS) is 10.3. The molecule has 1 N–H and O–H groups in total. The van der Waals surface area contributed by atoms with E-state index in [1.54, 1.807) is 6.20 Å². The SMILES string of the molecule is O=C(Nc1ccc([N+](=O)[O-])cc1)c1ccn(-c2ccc([N+](=O)[O-])cc2)n1. The summed E-state index contributed by atoms with van der Waals surface area (Å²) >= 11 is 0. The number of nitrogens with zero attached hydrogens (tertiary/aromatic N) is 4. The van der Waals surface area contributed by atoms with E-state index in [1.807, 2.05) is 0 Å². The molecule has 130 valence electrons. The van der Waals surface area contributed by atoms with Crippen molar-refractivity contribution in [1.82, 2.24) is 9.78 Å². The minimum atomic E-state index is -0.530.